The Morgan fingerprint density at radius 1 is 1.07 bits per heavy atom. The number of rotatable bonds is 8. The summed E-state index contributed by atoms with van der Waals surface area (Å²) in [7, 11) is 1.88. The molecule has 1 aromatic heterocycles. The summed E-state index contributed by atoms with van der Waals surface area (Å²) in [6, 6.07) is 4.58. The van der Waals surface area contributed by atoms with Gasteiger partial charge < -0.3 is 19.0 Å². The van der Waals surface area contributed by atoms with Crippen LogP contribution in [0.5, 0.6) is 5.75 Å². The molecule has 9 nitrogen and oxygen atoms in total. The number of carbonyl (C=O) groups excluding carboxylic acids is 1. The van der Waals surface area contributed by atoms with Crippen molar-refractivity contribution in [3.63, 3.8) is 0 Å². The predicted octanol–water partition coefficient (Wildman–Crippen LogP) is 5.36. The average Bonchev–Trinajstić information content (AvgIpc) is 3.54. The van der Waals surface area contributed by atoms with E-state index in [2.05, 4.69) is 10.1 Å². The van der Waals surface area contributed by atoms with Crippen LogP contribution in [0.15, 0.2) is 34.4 Å². The fourth-order valence-electron chi connectivity index (χ4n) is 4.88. The highest BCUT2D eigenvalue weighted by Gasteiger charge is 2.32. The van der Waals surface area contributed by atoms with Gasteiger partial charge in [0.2, 0.25) is 6.29 Å². The lowest BCUT2D eigenvalue weighted by Crippen LogP contribution is -2.30. The third kappa shape index (κ3) is 8.00. The van der Waals surface area contributed by atoms with Crippen molar-refractivity contribution in [2.24, 2.45) is 17.2 Å². The molecule has 1 amide bonds. The van der Waals surface area contributed by atoms with Crippen molar-refractivity contribution in [2.45, 2.75) is 90.3 Å². The minimum atomic E-state index is -4.65. The Kier molecular flexibility index (Phi) is 9.63. The minimum absolute atomic E-state index is 0.0344. The van der Waals surface area contributed by atoms with Crippen LogP contribution in [0.3, 0.4) is 0 Å². The van der Waals surface area contributed by atoms with E-state index in [9.17, 15) is 18.0 Å². The number of hydrogen-bond acceptors (Lipinski definition) is 6. The van der Waals surface area contributed by atoms with Gasteiger partial charge in [0.1, 0.15) is 12.4 Å². The van der Waals surface area contributed by atoms with Crippen LogP contribution in [0.25, 0.3) is 0 Å². The number of benzene rings is 1. The second kappa shape index (κ2) is 12.8. The van der Waals surface area contributed by atoms with Gasteiger partial charge in [0.25, 0.3) is 5.91 Å². The summed E-state index contributed by atoms with van der Waals surface area (Å²) in [5.74, 6) is -0.882. The molecule has 1 unspecified atom stereocenters. The number of amides is 1. The van der Waals surface area contributed by atoms with Crippen LogP contribution >= 0.6 is 0 Å². The van der Waals surface area contributed by atoms with Gasteiger partial charge in [-0.25, -0.2) is 0 Å². The zero-order chi connectivity index (χ0) is 29.8. The first-order chi connectivity index (χ1) is 19.3. The number of halogens is 3. The molecule has 0 saturated carbocycles. The van der Waals surface area contributed by atoms with Crippen LogP contribution in [0.4, 0.5) is 13.2 Å². The molecule has 41 heavy (non-hydrogen) atoms. The Bertz CT molecular complexity index is 1310. The van der Waals surface area contributed by atoms with Crippen LogP contribution in [-0.2, 0) is 39.5 Å². The van der Waals surface area contributed by atoms with Crippen molar-refractivity contribution in [1.82, 2.24) is 9.36 Å². The second-order valence-electron chi connectivity index (χ2n) is 11.5. The molecule has 2 aromatic rings. The molecule has 2 aliphatic rings. The molecule has 2 atom stereocenters. The summed E-state index contributed by atoms with van der Waals surface area (Å²) in [5.41, 5.74) is 0.143. The van der Waals surface area contributed by atoms with Gasteiger partial charge in [0, 0.05) is 37.3 Å². The number of ether oxygens (including phenoxy) is 3. The molecule has 1 aromatic carbocycles. The third-order valence-electron chi connectivity index (χ3n) is 7.06. The lowest BCUT2D eigenvalue weighted by Gasteiger charge is -2.21. The van der Waals surface area contributed by atoms with Crippen LogP contribution < -0.4 is 10.2 Å². The van der Waals surface area contributed by atoms with E-state index in [0.29, 0.717) is 31.0 Å². The topological polar surface area (TPSA) is 88.6 Å². The van der Waals surface area contributed by atoms with Crippen molar-refractivity contribution in [3.05, 3.63) is 46.6 Å². The van der Waals surface area contributed by atoms with E-state index < -0.39 is 23.9 Å². The molecule has 2 saturated heterocycles. The fourth-order valence-corrected chi connectivity index (χ4v) is 4.88. The Hall–Kier alpha value is -3.12. The SMILES string of the molecule is C/C(COc1ccc(C(F)(F)F)cc1C(=O)/N=c1\cc(C(C)(C)C)n(C)n1C[C@H]1CCCO1)=N\OC1CCCCO1. The maximum Gasteiger partial charge on any atom is 0.416 e. The molecular formula is C29H39F3N4O5. The molecule has 0 N–H and O–H groups in total. The number of carbonyl (C=O) groups is 1. The average molecular weight is 581 g/mol. The van der Waals surface area contributed by atoms with Gasteiger partial charge in [0.05, 0.1) is 36.1 Å². The van der Waals surface area contributed by atoms with Crippen LogP contribution in [-0.4, -0.2) is 53.2 Å². The standard InChI is InChI=1S/C29H39F3N4O5/c1-19(34-41-26-10-6-7-13-39-26)18-40-23-12-11-20(29(30,31)32)15-22(23)27(37)33-25-16-24(28(2,3)4)35(5)36(25)17-21-9-8-14-38-21/h11-12,15-16,21,26H,6-10,13-14,17-18H2,1-5H3/b33-25+,34-19+/t21-,26?/m1/s1. The zero-order valence-corrected chi connectivity index (χ0v) is 24.3. The van der Waals surface area contributed by atoms with E-state index in [0.717, 1.165) is 56.0 Å². The lowest BCUT2D eigenvalue weighted by molar-refractivity contribution is -0.162. The van der Waals surface area contributed by atoms with Gasteiger partial charge in [-0.15, -0.1) is 0 Å². The largest absolute Gasteiger partial charge is 0.487 e. The Labute approximate surface area is 237 Å². The van der Waals surface area contributed by atoms with Crippen LogP contribution in [0, 0.1) is 0 Å². The molecule has 2 fully saturated rings. The summed E-state index contributed by atoms with van der Waals surface area (Å²) in [6.45, 7) is 9.40. The summed E-state index contributed by atoms with van der Waals surface area (Å²) in [4.78, 5) is 23.2. The summed E-state index contributed by atoms with van der Waals surface area (Å²) in [5, 5.41) is 4.02. The van der Waals surface area contributed by atoms with Crippen LogP contribution in [0.1, 0.15) is 81.4 Å². The van der Waals surface area contributed by atoms with E-state index in [1.54, 1.807) is 13.0 Å². The molecular weight excluding hydrogens is 541 g/mol. The van der Waals surface area contributed by atoms with Gasteiger partial charge in [-0.2, -0.15) is 18.2 Å². The molecule has 226 valence electrons. The second-order valence-corrected chi connectivity index (χ2v) is 11.5. The van der Waals surface area contributed by atoms with E-state index in [-0.39, 0.29) is 29.4 Å². The smallest absolute Gasteiger partial charge is 0.416 e. The molecule has 0 spiro atoms. The molecule has 0 bridgehead atoms. The molecule has 12 heteroatoms. The fraction of sp³-hybridized carbons (Fsp3) is 0.621. The van der Waals surface area contributed by atoms with Gasteiger partial charge >= 0.3 is 6.18 Å². The Morgan fingerprint density at radius 2 is 1.83 bits per heavy atom. The van der Waals surface area contributed by atoms with Gasteiger partial charge in [-0.3, -0.25) is 14.2 Å². The van der Waals surface area contributed by atoms with Crippen molar-refractivity contribution in [1.29, 1.82) is 0 Å². The van der Waals surface area contributed by atoms with E-state index >= 15 is 0 Å². The van der Waals surface area contributed by atoms with Crippen molar-refractivity contribution in [3.8, 4) is 5.75 Å². The number of alkyl halides is 3. The number of aromatic nitrogens is 2. The predicted molar refractivity (Wildman–Crippen MR) is 146 cm³/mol. The Balaban J connectivity index is 1.65. The molecule has 0 radical (unpaired) electrons. The van der Waals surface area contributed by atoms with E-state index in [1.165, 1.54) is 0 Å². The number of nitrogens with zero attached hydrogens (tertiary/aromatic N) is 4. The highest BCUT2D eigenvalue weighted by atomic mass is 19.4. The van der Waals surface area contributed by atoms with Crippen molar-refractivity contribution >= 4 is 11.6 Å². The first kappa shape index (κ1) is 30.8. The molecule has 3 heterocycles. The molecule has 2 aliphatic heterocycles. The summed E-state index contributed by atoms with van der Waals surface area (Å²) < 4.78 is 61.6. The lowest BCUT2D eigenvalue weighted by atomic mass is 9.92. The quantitative estimate of drug-likeness (QED) is 0.310. The van der Waals surface area contributed by atoms with Crippen LogP contribution in [0.2, 0.25) is 0 Å². The molecule has 4 rings (SSSR count). The first-order valence-corrected chi connectivity index (χ1v) is 14.0. The maximum atomic E-state index is 13.6. The monoisotopic (exact) mass is 580 g/mol. The highest BCUT2D eigenvalue weighted by Crippen LogP contribution is 2.33. The minimum Gasteiger partial charge on any atom is -0.487 e. The first-order valence-electron chi connectivity index (χ1n) is 14.0. The van der Waals surface area contributed by atoms with Gasteiger partial charge in [0.15, 0.2) is 5.49 Å². The summed E-state index contributed by atoms with van der Waals surface area (Å²) in [6.07, 6.45) is -0.643. The van der Waals surface area contributed by atoms with Crippen molar-refractivity contribution in [2.75, 3.05) is 19.8 Å². The Morgan fingerprint density at radius 3 is 2.46 bits per heavy atom. The highest BCUT2D eigenvalue weighted by molar-refractivity contribution is 5.98. The number of hydrogen-bond donors (Lipinski definition) is 0. The normalized spacial score (nSPS) is 20.9. The van der Waals surface area contributed by atoms with Gasteiger partial charge in [-0.1, -0.05) is 25.9 Å². The van der Waals surface area contributed by atoms with E-state index in [1.807, 2.05) is 37.2 Å². The summed E-state index contributed by atoms with van der Waals surface area (Å²) >= 11 is 0. The van der Waals surface area contributed by atoms with Gasteiger partial charge in [-0.05, 0) is 50.8 Å². The van der Waals surface area contributed by atoms with Crippen molar-refractivity contribution < 1.29 is 37.0 Å². The molecule has 0 aliphatic carbocycles. The van der Waals surface area contributed by atoms with E-state index in [4.69, 9.17) is 19.0 Å². The number of oxime groups is 1. The maximum absolute atomic E-state index is 13.6. The zero-order valence-electron chi connectivity index (χ0n) is 24.3. The third-order valence-corrected chi connectivity index (χ3v) is 7.06.